The van der Waals surface area contributed by atoms with Gasteiger partial charge in [0, 0.05) is 37.0 Å². The number of nitrogens with zero attached hydrogens (tertiary/aromatic N) is 2. The van der Waals surface area contributed by atoms with Crippen LogP contribution in [0.1, 0.15) is 41.7 Å². The lowest BCUT2D eigenvalue weighted by atomic mass is 9.93. The molecule has 28 heavy (non-hydrogen) atoms. The molecule has 150 valence electrons. The summed E-state index contributed by atoms with van der Waals surface area (Å²) in [7, 11) is 0. The smallest absolute Gasteiger partial charge is 0.273 e. The van der Waals surface area contributed by atoms with Gasteiger partial charge in [-0.3, -0.25) is 9.59 Å². The van der Waals surface area contributed by atoms with Crippen LogP contribution in [-0.4, -0.2) is 41.0 Å². The van der Waals surface area contributed by atoms with Crippen LogP contribution in [0, 0.1) is 11.7 Å². The molecule has 0 saturated carbocycles. The first-order valence-corrected chi connectivity index (χ1v) is 11.5. The second-order valence-corrected chi connectivity index (χ2v) is 8.78. The Morgan fingerprint density at radius 1 is 1.39 bits per heavy atom. The molecule has 1 N–H and O–H groups in total. The maximum atomic E-state index is 13.6. The van der Waals surface area contributed by atoms with E-state index in [-0.39, 0.29) is 24.2 Å². The zero-order valence-electron chi connectivity index (χ0n) is 15.8. The Morgan fingerprint density at radius 2 is 2.21 bits per heavy atom. The average Bonchev–Trinajstić information content (AvgIpc) is 3.20. The molecule has 1 saturated heterocycles. The van der Waals surface area contributed by atoms with Crippen LogP contribution in [0.25, 0.3) is 0 Å². The molecule has 1 atom stereocenters. The fourth-order valence-electron chi connectivity index (χ4n) is 3.36. The normalized spacial score (nSPS) is 16.8. The van der Waals surface area contributed by atoms with Gasteiger partial charge in [-0.2, -0.15) is 0 Å². The molecule has 1 aliphatic rings. The standard InChI is InChI=1S/C20H24FN3O2S2/c1-27-20-23-17(13-28-20)19(26)24-10-4-5-14(12-24)8-9-18(25)22-11-15-6-2-3-7-16(15)21/h2-3,6-7,13-14H,4-5,8-12H2,1H3,(H,22,25). The van der Waals surface area contributed by atoms with Crippen molar-refractivity contribution in [3.05, 3.63) is 46.7 Å². The van der Waals surface area contributed by atoms with Gasteiger partial charge in [0.25, 0.3) is 5.91 Å². The number of benzene rings is 1. The molecule has 0 spiro atoms. The summed E-state index contributed by atoms with van der Waals surface area (Å²) >= 11 is 3.02. The first kappa shape index (κ1) is 20.8. The molecule has 0 bridgehead atoms. The van der Waals surface area contributed by atoms with Crippen LogP contribution in [0.3, 0.4) is 0 Å². The van der Waals surface area contributed by atoms with Crippen molar-refractivity contribution < 1.29 is 14.0 Å². The minimum atomic E-state index is -0.309. The molecule has 1 unspecified atom stereocenters. The number of thioether (sulfide) groups is 1. The zero-order chi connectivity index (χ0) is 19.9. The molecule has 0 radical (unpaired) electrons. The molecule has 0 aliphatic carbocycles. The summed E-state index contributed by atoms with van der Waals surface area (Å²) in [5, 5.41) is 4.59. The first-order valence-electron chi connectivity index (χ1n) is 9.35. The monoisotopic (exact) mass is 421 g/mol. The average molecular weight is 422 g/mol. The predicted molar refractivity (Wildman–Crippen MR) is 110 cm³/mol. The molecule has 8 heteroatoms. The molecule has 3 rings (SSSR count). The maximum absolute atomic E-state index is 13.6. The van der Waals surface area contributed by atoms with E-state index in [9.17, 15) is 14.0 Å². The molecule has 5 nitrogen and oxygen atoms in total. The van der Waals surface area contributed by atoms with Crippen LogP contribution in [0.15, 0.2) is 34.0 Å². The summed E-state index contributed by atoms with van der Waals surface area (Å²) < 4.78 is 14.5. The van der Waals surface area contributed by atoms with E-state index in [1.165, 1.54) is 29.2 Å². The number of thiazole rings is 1. The fraction of sp³-hybridized carbons (Fsp3) is 0.450. The Hall–Kier alpha value is -1.93. The van der Waals surface area contributed by atoms with Crippen molar-refractivity contribution >= 4 is 34.9 Å². The quantitative estimate of drug-likeness (QED) is 0.688. The third-order valence-electron chi connectivity index (χ3n) is 4.90. The van der Waals surface area contributed by atoms with Crippen molar-refractivity contribution in [2.45, 2.75) is 36.6 Å². The number of hydrogen-bond donors (Lipinski definition) is 1. The first-order chi connectivity index (χ1) is 13.6. The molecule has 2 aromatic rings. The minimum Gasteiger partial charge on any atom is -0.352 e. The van der Waals surface area contributed by atoms with Crippen LogP contribution in [0.5, 0.6) is 0 Å². The molecular weight excluding hydrogens is 397 g/mol. The third kappa shape index (κ3) is 5.54. The van der Waals surface area contributed by atoms with Crippen molar-refractivity contribution in [3.63, 3.8) is 0 Å². The molecule has 2 heterocycles. The summed E-state index contributed by atoms with van der Waals surface area (Å²) in [6.07, 6.45) is 5.00. The second kappa shape index (κ2) is 10.0. The molecular formula is C20H24FN3O2S2. The zero-order valence-corrected chi connectivity index (χ0v) is 17.5. The van der Waals surface area contributed by atoms with Gasteiger partial charge in [0.05, 0.1) is 0 Å². The number of rotatable bonds is 7. The summed E-state index contributed by atoms with van der Waals surface area (Å²) in [6.45, 7) is 1.59. The van der Waals surface area contributed by atoms with Gasteiger partial charge in [0.2, 0.25) is 5.91 Å². The lowest BCUT2D eigenvalue weighted by molar-refractivity contribution is -0.121. The van der Waals surface area contributed by atoms with E-state index >= 15 is 0 Å². The highest BCUT2D eigenvalue weighted by atomic mass is 32.2. The largest absolute Gasteiger partial charge is 0.352 e. The van der Waals surface area contributed by atoms with Gasteiger partial charge < -0.3 is 10.2 Å². The molecule has 1 fully saturated rings. The van der Waals surface area contributed by atoms with E-state index in [0.717, 1.165) is 30.1 Å². The SMILES string of the molecule is CSc1nc(C(=O)N2CCCC(CCC(=O)NCc3ccccc3F)C2)cs1. The second-order valence-electron chi connectivity index (χ2n) is 6.87. The van der Waals surface area contributed by atoms with Crippen molar-refractivity contribution in [2.75, 3.05) is 19.3 Å². The highest BCUT2D eigenvalue weighted by molar-refractivity contribution is 8.00. The van der Waals surface area contributed by atoms with Crippen LogP contribution < -0.4 is 5.32 Å². The molecule has 1 aromatic carbocycles. The van der Waals surface area contributed by atoms with Gasteiger partial charge in [-0.05, 0) is 37.5 Å². The molecule has 1 aliphatic heterocycles. The number of likely N-dealkylation sites (tertiary alicyclic amines) is 1. The summed E-state index contributed by atoms with van der Waals surface area (Å²) in [5.74, 6) is -0.118. The number of aromatic nitrogens is 1. The van der Waals surface area contributed by atoms with Crippen LogP contribution >= 0.6 is 23.1 Å². The number of halogens is 1. The highest BCUT2D eigenvalue weighted by Gasteiger charge is 2.26. The number of carbonyl (C=O) groups excluding carboxylic acids is 2. The van der Waals surface area contributed by atoms with Gasteiger partial charge in [0.15, 0.2) is 0 Å². The van der Waals surface area contributed by atoms with Gasteiger partial charge in [0.1, 0.15) is 15.9 Å². The number of amides is 2. The van der Waals surface area contributed by atoms with Gasteiger partial charge in [-0.15, -0.1) is 11.3 Å². The number of nitrogens with one attached hydrogen (secondary N) is 1. The Bertz CT molecular complexity index is 827. The highest BCUT2D eigenvalue weighted by Crippen LogP contribution is 2.25. The van der Waals surface area contributed by atoms with E-state index in [1.807, 2.05) is 16.5 Å². The van der Waals surface area contributed by atoms with Gasteiger partial charge in [-0.25, -0.2) is 9.37 Å². The van der Waals surface area contributed by atoms with E-state index in [4.69, 9.17) is 0 Å². The summed E-state index contributed by atoms with van der Waals surface area (Å²) in [6, 6.07) is 6.44. The van der Waals surface area contributed by atoms with E-state index in [2.05, 4.69) is 10.3 Å². The Morgan fingerprint density at radius 3 is 2.96 bits per heavy atom. The number of carbonyl (C=O) groups is 2. The number of piperidine rings is 1. The van der Waals surface area contributed by atoms with Crippen molar-refractivity contribution in [3.8, 4) is 0 Å². The number of hydrogen-bond acceptors (Lipinski definition) is 5. The van der Waals surface area contributed by atoms with E-state index in [0.29, 0.717) is 30.1 Å². The maximum Gasteiger partial charge on any atom is 0.273 e. The summed E-state index contributed by atoms with van der Waals surface area (Å²) in [4.78, 5) is 31.0. The van der Waals surface area contributed by atoms with E-state index in [1.54, 1.807) is 18.2 Å². The van der Waals surface area contributed by atoms with Crippen LogP contribution in [0.4, 0.5) is 4.39 Å². The van der Waals surface area contributed by atoms with Crippen molar-refractivity contribution in [2.24, 2.45) is 5.92 Å². The van der Waals surface area contributed by atoms with Crippen LogP contribution in [0.2, 0.25) is 0 Å². The molecule has 1 aromatic heterocycles. The van der Waals surface area contributed by atoms with Crippen LogP contribution in [-0.2, 0) is 11.3 Å². The lowest BCUT2D eigenvalue weighted by Gasteiger charge is -2.32. The fourth-order valence-corrected chi connectivity index (χ4v) is 4.59. The summed E-state index contributed by atoms with van der Waals surface area (Å²) in [5.41, 5.74) is 0.996. The third-order valence-corrected chi connectivity index (χ3v) is 6.76. The van der Waals surface area contributed by atoms with E-state index < -0.39 is 0 Å². The topological polar surface area (TPSA) is 62.3 Å². The van der Waals surface area contributed by atoms with Gasteiger partial charge >= 0.3 is 0 Å². The van der Waals surface area contributed by atoms with Crippen molar-refractivity contribution in [1.29, 1.82) is 0 Å². The minimum absolute atomic E-state index is 0.0229. The Labute approximate surface area is 172 Å². The van der Waals surface area contributed by atoms with Gasteiger partial charge in [-0.1, -0.05) is 30.0 Å². The predicted octanol–water partition coefficient (Wildman–Crippen LogP) is 3.95. The van der Waals surface area contributed by atoms with Crippen molar-refractivity contribution in [1.82, 2.24) is 15.2 Å². The Balaban J connectivity index is 1.45. The molecule has 2 amide bonds. The lowest BCUT2D eigenvalue weighted by Crippen LogP contribution is -2.40. The Kier molecular flexibility index (Phi) is 7.44.